The Morgan fingerprint density at radius 2 is 1.78 bits per heavy atom. The average Bonchev–Trinajstić information content (AvgIpc) is 3.27. The number of hydrazone groups is 1. The van der Waals surface area contributed by atoms with Gasteiger partial charge in [-0.05, 0) is 58.7 Å². The van der Waals surface area contributed by atoms with Gasteiger partial charge in [-0.15, -0.1) is 5.10 Å². The van der Waals surface area contributed by atoms with Crippen LogP contribution >= 0.6 is 31.9 Å². The second-order valence-corrected chi connectivity index (χ2v) is 9.76. The lowest BCUT2D eigenvalue weighted by Gasteiger charge is -2.20. The first-order valence-corrected chi connectivity index (χ1v) is 12.4. The second kappa shape index (κ2) is 10.6. The summed E-state index contributed by atoms with van der Waals surface area (Å²) in [5, 5.41) is 8.46. The van der Waals surface area contributed by atoms with Crippen LogP contribution < -0.4 is 10.1 Å². The van der Waals surface area contributed by atoms with Crippen LogP contribution in [0.1, 0.15) is 47.1 Å². The average molecular weight is 615 g/mol. The van der Waals surface area contributed by atoms with Gasteiger partial charge in [0.05, 0.1) is 10.0 Å². The summed E-state index contributed by atoms with van der Waals surface area (Å²) >= 11 is 6.82. The van der Waals surface area contributed by atoms with Crippen LogP contribution in [-0.4, -0.2) is 28.7 Å². The molecule has 1 aliphatic rings. The van der Waals surface area contributed by atoms with Gasteiger partial charge in [-0.2, -0.15) is 5.01 Å². The zero-order chi connectivity index (χ0) is 26.0. The van der Waals surface area contributed by atoms with Crippen molar-refractivity contribution in [3.8, 4) is 5.75 Å². The van der Waals surface area contributed by atoms with Crippen LogP contribution in [0.5, 0.6) is 5.75 Å². The van der Waals surface area contributed by atoms with Crippen LogP contribution in [0.2, 0.25) is 0 Å². The first-order chi connectivity index (χ1) is 17.1. The highest BCUT2D eigenvalue weighted by Gasteiger charge is 2.35. The Bertz CT molecular complexity index is 1410. The molecule has 10 heteroatoms. The zero-order valence-corrected chi connectivity index (χ0v) is 22.7. The molecule has 8 nitrogen and oxygen atoms in total. The molecule has 0 saturated carbocycles. The van der Waals surface area contributed by atoms with Crippen molar-refractivity contribution in [2.45, 2.75) is 27.0 Å². The molecule has 36 heavy (non-hydrogen) atoms. The second-order valence-electron chi connectivity index (χ2n) is 7.99. The first kappa shape index (κ1) is 25.6. The number of aryl methyl sites for hydroxylation is 1. The highest BCUT2D eigenvalue weighted by Crippen LogP contribution is 2.38. The summed E-state index contributed by atoms with van der Waals surface area (Å²) < 4.78 is 12.7. The Morgan fingerprint density at radius 3 is 2.47 bits per heavy atom. The lowest BCUT2D eigenvalue weighted by atomic mass is 10.1. The van der Waals surface area contributed by atoms with Crippen molar-refractivity contribution in [2.24, 2.45) is 5.10 Å². The predicted octanol–water partition coefficient (Wildman–Crippen LogP) is 5.94. The van der Waals surface area contributed by atoms with E-state index >= 15 is 0 Å². The predicted molar refractivity (Wildman–Crippen MR) is 142 cm³/mol. The highest BCUT2D eigenvalue weighted by atomic mass is 79.9. The molecule has 1 aliphatic heterocycles. The molecular weight excluding hydrogens is 594 g/mol. The number of nitrogens with one attached hydrogen (secondary N) is 1. The molecule has 0 aliphatic carbocycles. The van der Waals surface area contributed by atoms with Crippen molar-refractivity contribution in [1.29, 1.82) is 0 Å². The molecule has 0 bridgehead atoms. The normalized spacial score (nSPS) is 14.6. The molecule has 0 aromatic heterocycles. The number of carbonyl (C=O) groups excluding carboxylic acids is 3. The third-order valence-electron chi connectivity index (χ3n) is 5.27. The number of benzene rings is 3. The van der Waals surface area contributed by atoms with Gasteiger partial charge in [0.2, 0.25) is 18.0 Å². The van der Waals surface area contributed by atoms with Gasteiger partial charge in [-0.25, -0.2) is 0 Å². The Balaban J connectivity index is 1.65. The van der Waals surface area contributed by atoms with Gasteiger partial charge in [0.15, 0.2) is 5.75 Å². The van der Waals surface area contributed by atoms with E-state index in [4.69, 9.17) is 9.47 Å². The Morgan fingerprint density at radius 1 is 1.03 bits per heavy atom. The van der Waals surface area contributed by atoms with Gasteiger partial charge < -0.3 is 14.8 Å². The van der Waals surface area contributed by atoms with Gasteiger partial charge >= 0.3 is 5.97 Å². The molecule has 4 rings (SSSR count). The fourth-order valence-electron chi connectivity index (χ4n) is 3.65. The number of hydrogen-bond acceptors (Lipinski definition) is 6. The maximum absolute atomic E-state index is 12.8. The summed E-state index contributed by atoms with van der Waals surface area (Å²) in [6.45, 7) is 4.53. The Labute approximate surface area is 224 Å². The third kappa shape index (κ3) is 5.50. The largest absolute Gasteiger partial charge is 0.446 e. The highest BCUT2D eigenvalue weighted by molar-refractivity contribution is 9.11. The molecule has 1 N–H and O–H groups in total. The number of amides is 2. The van der Waals surface area contributed by atoms with Gasteiger partial charge in [0.25, 0.3) is 5.91 Å². The number of anilines is 1. The smallest absolute Gasteiger partial charge is 0.308 e. The molecule has 1 heterocycles. The van der Waals surface area contributed by atoms with Crippen molar-refractivity contribution < 1.29 is 23.9 Å². The molecular formula is C26H21Br2N3O5. The maximum atomic E-state index is 12.8. The van der Waals surface area contributed by atoms with Gasteiger partial charge in [-0.1, -0.05) is 46.3 Å². The minimum Gasteiger partial charge on any atom is -0.446 e. The third-order valence-corrected chi connectivity index (χ3v) is 6.32. The minimum absolute atomic E-state index is 0.0998. The number of carbonyl (C=O) groups is 3. The topological polar surface area (TPSA) is 97.3 Å². The zero-order valence-electron chi connectivity index (χ0n) is 19.5. The van der Waals surface area contributed by atoms with Gasteiger partial charge in [0.1, 0.15) is 0 Å². The number of esters is 1. The van der Waals surface area contributed by atoms with E-state index in [1.807, 2.05) is 19.1 Å². The monoisotopic (exact) mass is 613 g/mol. The van der Waals surface area contributed by atoms with E-state index in [-0.39, 0.29) is 23.5 Å². The summed E-state index contributed by atoms with van der Waals surface area (Å²) in [5.41, 5.74) is 2.93. The molecule has 1 atom stereocenters. The first-order valence-electron chi connectivity index (χ1n) is 10.8. The molecule has 0 radical (unpaired) electrons. The van der Waals surface area contributed by atoms with Crippen molar-refractivity contribution in [1.82, 2.24) is 5.01 Å². The van der Waals surface area contributed by atoms with E-state index in [0.29, 0.717) is 31.3 Å². The van der Waals surface area contributed by atoms with E-state index < -0.39 is 12.2 Å². The van der Waals surface area contributed by atoms with Crippen LogP contribution in [0.25, 0.3) is 0 Å². The van der Waals surface area contributed by atoms with Crippen LogP contribution in [0.3, 0.4) is 0 Å². The number of hydrogen-bond donors (Lipinski definition) is 1. The fourth-order valence-corrected chi connectivity index (χ4v) is 4.96. The summed E-state index contributed by atoms with van der Waals surface area (Å²) in [5.74, 6) is -0.805. The van der Waals surface area contributed by atoms with Crippen LogP contribution in [0.4, 0.5) is 5.69 Å². The molecule has 0 fully saturated rings. The van der Waals surface area contributed by atoms with Gasteiger partial charge in [0, 0.05) is 35.1 Å². The molecule has 0 saturated heterocycles. The summed E-state index contributed by atoms with van der Waals surface area (Å²) in [6, 6.07) is 17.7. The van der Waals surface area contributed by atoms with E-state index in [2.05, 4.69) is 42.3 Å². The number of ether oxygens (including phenoxy) is 2. The van der Waals surface area contributed by atoms with Crippen LogP contribution in [0, 0.1) is 6.92 Å². The Kier molecular flexibility index (Phi) is 7.56. The summed E-state index contributed by atoms with van der Waals surface area (Å²) in [4.78, 5) is 36.9. The summed E-state index contributed by atoms with van der Waals surface area (Å²) in [7, 11) is 0. The van der Waals surface area contributed by atoms with Crippen LogP contribution in [0.15, 0.2) is 74.7 Å². The van der Waals surface area contributed by atoms with Crippen molar-refractivity contribution in [3.05, 3.63) is 91.9 Å². The lowest BCUT2D eigenvalue weighted by Crippen LogP contribution is -2.25. The molecule has 184 valence electrons. The van der Waals surface area contributed by atoms with Crippen molar-refractivity contribution in [3.63, 3.8) is 0 Å². The number of nitrogens with zero attached hydrogens (tertiary/aromatic N) is 2. The minimum atomic E-state index is -0.893. The molecule has 0 spiro atoms. The maximum Gasteiger partial charge on any atom is 0.308 e. The fraction of sp³-hybridized carbons (Fsp3) is 0.154. The molecule has 3 aromatic rings. The van der Waals surface area contributed by atoms with Crippen LogP contribution in [-0.2, 0) is 14.3 Å². The number of halogens is 2. The molecule has 3 aromatic carbocycles. The quantitative estimate of drug-likeness (QED) is 0.283. The lowest BCUT2D eigenvalue weighted by molar-refractivity contribution is -0.135. The van der Waals surface area contributed by atoms with E-state index in [0.717, 1.165) is 5.56 Å². The van der Waals surface area contributed by atoms with E-state index in [1.165, 1.54) is 18.9 Å². The van der Waals surface area contributed by atoms with E-state index in [1.54, 1.807) is 48.5 Å². The van der Waals surface area contributed by atoms with Crippen molar-refractivity contribution in [2.75, 3.05) is 5.32 Å². The number of rotatable bonds is 5. The summed E-state index contributed by atoms with van der Waals surface area (Å²) in [6.07, 6.45) is -0.893. The SMILES string of the molecule is CC(=O)Oc1c(Br)cc(Br)cc1C1=NN(C(C)=O)C(c2cccc(NC(=O)c3ccccc3C)c2)O1. The van der Waals surface area contributed by atoms with Crippen molar-refractivity contribution >= 4 is 61.2 Å². The standard InChI is InChI=1S/C26H21Br2N3O5/c1-14-7-4-5-10-20(14)24(34)29-19-9-6-8-17(11-19)26-31(15(2)32)30-25(36-26)21-12-18(27)13-22(28)23(21)35-16(3)33/h4-13,26H,1-3H3,(H,29,34). The molecule has 1 unspecified atom stereocenters. The van der Waals surface area contributed by atoms with E-state index in [9.17, 15) is 14.4 Å². The Hall–Kier alpha value is -3.50. The van der Waals surface area contributed by atoms with Gasteiger partial charge in [-0.3, -0.25) is 14.4 Å². The molecule has 2 amide bonds.